The highest BCUT2D eigenvalue weighted by Gasteiger charge is 2.37. The summed E-state index contributed by atoms with van der Waals surface area (Å²) in [6.45, 7) is 0.0657. The van der Waals surface area contributed by atoms with Gasteiger partial charge in [0.05, 0.1) is 12.6 Å². The molecule has 1 aliphatic heterocycles. The Labute approximate surface area is 250 Å². The zero-order valence-electron chi connectivity index (χ0n) is 23.9. The molecule has 2 aromatic carbocycles. The van der Waals surface area contributed by atoms with Crippen LogP contribution >= 0.6 is 0 Å². The first-order valence-corrected chi connectivity index (χ1v) is 14.3. The van der Waals surface area contributed by atoms with Crippen LogP contribution in [0.5, 0.6) is 5.75 Å². The Morgan fingerprint density at radius 3 is 2.23 bits per heavy atom. The fraction of sp³-hybridized carbons (Fsp3) is 0.433. The summed E-state index contributed by atoms with van der Waals surface area (Å²) in [6, 6.07) is 11.3. The Kier molecular flexibility index (Phi) is 12.5. The number of nitrogens with one attached hydrogen (secondary N) is 3. The van der Waals surface area contributed by atoms with Crippen molar-refractivity contribution in [1.82, 2.24) is 20.9 Å². The third kappa shape index (κ3) is 10.1. The fourth-order valence-electron chi connectivity index (χ4n) is 4.92. The lowest BCUT2D eigenvalue weighted by atomic mass is 10.0. The second-order valence-corrected chi connectivity index (χ2v) is 10.5. The highest BCUT2D eigenvalue weighted by molar-refractivity contribution is 5.94. The zero-order valence-corrected chi connectivity index (χ0v) is 23.9. The van der Waals surface area contributed by atoms with E-state index in [9.17, 15) is 34.2 Å². The maximum Gasteiger partial charge on any atom is 0.326 e. The number of nitrogens with two attached hydrogens (primary N) is 2. The number of carbonyl (C=O) groups is 5. The van der Waals surface area contributed by atoms with Gasteiger partial charge in [-0.15, -0.1) is 0 Å². The van der Waals surface area contributed by atoms with E-state index in [4.69, 9.17) is 11.5 Å². The molecule has 0 saturated carbocycles. The van der Waals surface area contributed by atoms with E-state index in [2.05, 4.69) is 16.0 Å². The number of phenols is 1. The molecule has 0 radical (unpaired) electrons. The van der Waals surface area contributed by atoms with Crippen LogP contribution in [-0.2, 0) is 36.8 Å². The van der Waals surface area contributed by atoms with Crippen molar-refractivity contribution in [3.8, 4) is 5.75 Å². The minimum atomic E-state index is -1.10. The van der Waals surface area contributed by atoms with E-state index in [0.717, 1.165) is 11.1 Å². The smallest absolute Gasteiger partial charge is 0.326 e. The summed E-state index contributed by atoms with van der Waals surface area (Å²) in [7, 11) is 0. The van der Waals surface area contributed by atoms with E-state index in [0.29, 0.717) is 19.3 Å². The van der Waals surface area contributed by atoms with Crippen molar-refractivity contribution in [2.45, 2.75) is 62.7 Å². The molecule has 9 N–H and O–H groups in total. The Morgan fingerprint density at radius 1 is 0.907 bits per heavy atom. The van der Waals surface area contributed by atoms with Gasteiger partial charge in [-0.05, 0) is 61.9 Å². The number of likely N-dealkylation sites (tertiary alicyclic amines) is 1. The molecule has 1 aliphatic rings. The summed E-state index contributed by atoms with van der Waals surface area (Å²) in [4.78, 5) is 65.0. The molecule has 1 heterocycles. The van der Waals surface area contributed by atoms with E-state index in [1.54, 1.807) is 36.4 Å². The van der Waals surface area contributed by atoms with Crippen molar-refractivity contribution in [2.75, 3.05) is 19.6 Å². The van der Waals surface area contributed by atoms with Gasteiger partial charge in [-0.2, -0.15) is 0 Å². The van der Waals surface area contributed by atoms with Crippen LogP contribution in [0.15, 0.2) is 54.6 Å². The predicted molar refractivity (Wildman–Crippen MR) is 157 cm³/mol. The number of rotatable bonds is 15. The molecule has 43 heavy (non-hydrogen) atoms. The fourth-order valence-corrected chi connectivity index (χ4v) is 4.92. The monoisotopic (exact) mass is 596 g/mol. The summed E-state index contributed by atoms with van der Waals surface area (Å²) < 4.78 is 0. The summed E-state index contributed by atoms with van der Waals surface area (Å²) in [5.41, 5.74) is 13.1. The molecular weight excluding hydrogens is 556 g/mol. The molecule has 1 fully saturated rings. The summed E-state index contributed by atoms with van der Waals surface area (Å²) >= 11 is 0. The predicted octanol–water partition coefficient (Wildman–Crippen LogP) is -0.595. The Hall–Kier alpha value is -4.49. The number of benzene rings is 2. The number of phenolic OH excluding ortho intramolecular Hbond substituents is 1. The Balaban J connectivity index is 1.61. The van der Waals surface area contributed by atoms with E-state index < -0.39 is 60.3 Å². The molecule has 0 aromatic heterocycles. The molecule has 0 spiro atoms. The van der Waals surface area contributed by atoms with Crippen LogP contribution in [-0.4, -0.2) is 88.5 Å². The van der Waals surface area contributed by atoms with E-state index in [-0.39, 0.29) is 38.1 Å². The lowest BCUT2D eigenvalue weighted by Gasteiger charge is -2.27. The molecule has 0 aliphatic carbocycles. The van der Waals surface area contributed by atoms with Crippen LogP contribution in [0.2, 0.25) is 0 Å². The zero-order chi connectivity index (χ0) is 31.4. The highest BCUT2D eigenvalue weighted by atomic mass is 16.4. The number of aliphatic carboxylic acids is 1. The first-order valence-electron chi connectivity index (χ1n) is 14.3. The molecule has 13 heteroatoms. The quantitative estimate of drug-likeness (QED) is 0.139. The molecule has 3 rings (SSSR count). The van der Waals surface area contributed by atoms with Gasteiger partial charge in [0.15, 0.2) is 0 Å². The van der Waals surface area contributed by atoms with Gasteiger partial charge in [-0.3, -0.25) is 19.2 Å². The molecule has 1 saturated heterocycles. The third-order valence-electron chi connectivity index (χ3n) is 7.22. The van der Waals surface area contributed by atoms with Gasteiger partial charge in [0.2, 0.25) is 23.6 Å². The van der Waals surface area contributed by atoms with Crippen LogP contribution in [0.1, 0.15) is 36.8 Å². The van der Waals surface area contributed by atoms with Crippen molar-refractivity contribution in [1.29, 1.82) is 0 Å². The minimum absolute atomic E-state index is 0.0839. The second kappa shape index (κ2) is 16.2. The van der Waals surface area contributed by atoms with Crippen molar-refractivity contribution >= 4 is 29.6 Å². The molecule has 232 valence electrons. The number of aromatic hydroxyl groups is 1. The number of carboxylic acids is 1. The first-order chi connectivity index (χ1) is 20.6. The Morgan fingerprint density at radius 2 is 1.58 bits per heavy atom. The van der Waals surface area contributed by atoms with E-state index >= 15 is 0 Å². The largest absolute Gasteiger partial charge is 0.508 e. The van der Waals surface area contributed by atoms with Gasteiger partial charge in [-0.25, -0.2) is 4.79 Å². The standard InChI is InChI=1S/C30H40N6O7/c31-14-4-8-23(35-27(39)22(32)16-20-10-12-21(37)13-11-20)28(40)33-18-26(38)34-24(17-19-6-2-1-3-7-19)29(41)36-15-5-9-25(36)30(42)43/h1-3,6-7,10-13,22-25,37H,4-5,8-9,14-18,31-32H2,(H,33,40)(H,34,38)(H,35,39)(H,42,43)/t22-,23+,24-,25-/m0/s1. The number of amides is 4. The van der Waals surface area contributed by atoms with Gasteiger partial charge in [0, 0.05) is 13.0 Å². The summed E-state index contributed by atoms with van der Waals surface area (Å²) in [6.07, 6.45) is 1.82. The van der Waals surface area contributed by atoms with Gasteiger partial charge >= 0.3 is 5.97 Å². The van der Waals surface area contributed by atoms with Crippen LogP contribution in [0.25, 0.3) is 0 Å². The number of hydrogen-bond acceptors (Lipinski definition) is 8. The van der Waals surface area contributed by atoms with Gasteiger partial charge < -0.3 is 42.5 Å². The lowest BCUT2D eigenvalue weighted by molar-refractivity contribution is -0.149. The van der Waals surface area contributed by atoms with Gasteiger partial charge in [0.1, 0.15) is 23.9 Å². The van der Waals surface area contributed by atoms with Crippen molar-refractivity contribution in [3.63, 3.8) is 0 Å². The second-order valence-electron chi connectivity index (χ2n) is 10.5. The number of carbonyl (C=O) groups excluding carboxylic acids is 4. The van der Waals surface area contributed by atoms with Crippen molar-refractivity contribution in [3.05, 3.63) is 65.7 Å². The van der Waals surface area contributed by atoms with Gasteiger partial charge in [0.25, 0.3) is 0 Å². The molecular formula is C30H40N6O7. The van der Waals surface area contributed by atoms with Crippen LogP contribution in [0, 0.1) is 0 Å². The highest BCUT2D eigenvalue weighted by Crippen LogP contribution is 2.20. The van der Waals surface area contributed by atoms with Crippen molar-refractivity contribution in [2.24, 2.45) is 11.5 Å². The van der Waals surface area contributed by atoms with Crippen LogP contribution in [0.3, 0.4) is 0 Å². The molecule has 4 atom stereocenters. The van der Waals surface area contributed by atoms with Gasteiger partial charge in [-0.1, -0.05) is 42.5 Å². The average molecular weight is 597 g/mol. The maximum absolute atomic E-state index is 13.4. The summed E-state index contributed by atoms with van der Waals surface area (Å²) in [5.74, 6) is -3.37. The van der Waals surface area contributed by atoms with E-state index in [1.165, 1.54) is 17.0 Å². The molecule has 4 amide bonds. The Bertz CT molecular complexity index is 1260. The normalized spacial score (nSPS) is 16.5. The third-order valence-corrected chi connectivity index (χ3v) is 7.22. The maximum atomic E-state index is 13.4. The van der Waals surface area contributed by atoms with Crippen LogP contribution in [0.4, 0.5) is 0 Å². The van der Waals surface area contributed by atoms with Crippen LogP contribution < -0.4 is 27.4 Å². The average Bonchev–Trinajstić information content (AvgIpc) is 3.49. The number of nitrogens with zero attached hydrogens (tertiary/aromatic N) is 1. The minimum Gasteiger partial charge on any atom is -0.508 e. The van der Waals surface area contributed by atoms with Crippen molar-refractivity contribution < 1.29 is 34.2 Å². The SMILES string of the molecule is NCCC[C@@H](NC(=O)[C@@H](N)Cc1ccc(O)cc1)C(=O)NCC(=O)N[C@@H](Cc1ccccc1)C(=O)N1CCC[C@H]1C(=O)O. The topological polar surface area (TPSA) is 217 Å². The molecule has 2 aromatic rings. The molecule has 0 unspecified atom stereocenters. The number of carboxylic acid groups (broad SMARTS) is 1. The summed E-state index contributed by atoms with van der Waals surface area (Å²) in [5, 5.41) is 26.8. The first kappa shape index (κ1) is 33.0. The van der Waals surface area contributed by atoms with E-state index in [1.807, 2.05) is 6.07 Å². The number of hydrogen-bond donors (Lipinski definition) is 7. The molecule has 0 bridgehead atoms. The lowest BCUT2D eigenvalue weighted by Crippen LogP contribution is -2.55. The molecule has 13 nitrogen and oxygen atoms in total.